The van der Waals surface area contributed by atoms with Crippen LogP contribution in [-0.4, -0.2) is 30.2 Å². The van der Waals surface area contributed by atoms with E-state index in [0.29, 0.717) is 9.90 Å². The van der Waals surface area contributed by atoms with Crippen LogP contribution in [-0.2, 0) is 13.1 Å². The fourth-order valence-electron chi connectivity index (χ4n) is 3.76. The Kier molecular flexibility index (Phi) is 6.82. The highest BCUT2D eigenvalue weighted by Crippen LogP contribution is 2.30. The molecule has 0 aromatic carbocycles. The Morgan fingerprint density at radius 1 is 1.13 bits per heavy atom. The van der Waals surface area contributed by atoms with Gasteiger partial charge in [0.1, 0.15) is 29.0 Å². The number of nitrogens with one attached hydrogen (secondary N) is 1. The number of thiophene rings is 1. The number of nitrogens with zero attached hydrogens (tertiary/aromatic N) is 7. The Bertz CT molecular complexity index is 1780. The lowest BCUT2D eigenvalue weighted by atomic mass is 10.1. The summed E-state index contributed by atoms with van der Waals surface area (Å²) in [4.78, 5) is 35.2. The first-order chi connectivity index (χ1) is 18.5. The van der Waals surface area contributed by atoms with E-state index in [0.717, 1.165) is 16.0 Å². The highest BCUT2D eigenvalue weighted by molar-refractivity contribution is 7.16. The Hall–Kier alpha value is -5.04. The summed E-state index contributed by atoms with van der Waals surface area (Å²) in [6.07, 6.45) is 5.53. The van der Waals surface area contributed by atoms with Crippen molar-refractivity contribution < 1.29 is 9.21 Å². The van der Waals surface area contributed by atoms with Crippen LogP contribution in [0.5, 0.6) is 0 Å². The number of aromatic nitrogens is 5. The van der Waals surface area contributed by atoms with Crippen LogP contribution < -0.4 is 10.9 Å². The van der Waals surface area contributed by atoms with Crippen molar-refractivity contribution in [3.05, 3.63) is 103 Å². The average molecular weight is 543 g/mol. The molecule has 0 spiro atoms. The Morgan fingerprint density at radius 3 is 2.66 bits per heavy atom. The average Bonchev–Trinajstić information content (AvgIpc) is 3.69. The molecule has 0 bridgehead atoms. The van der Waals surface area contributed by atoms with Gasteiger partial charge in [0.05, 0.1) is 29.3 Å². The SMILES string of the molecule is N#Cc1c(-c2ccc(C#N)c(=O)n2Cc2cccnc2)nn(C(=O)c2cnco2)c1NCc1ccc(Cl)s1. The largest absolute Gasteiger partial charge is 0.438 e. The van der Waals surface area contributed by atoms with Crippen LogP contribution in [0.3, 0.4) is 0 Å². The summed E-state index contributed by atoms with van der Waals surface area (Å²) >= 11 is 7.39. The minimum atomic E-state index is -0.674. The Labute approximate surface area is 223 Å². The molecule has 5 aromatic rings. The van der Waals surface area contributed by atoms with Gasteiger partial charge in [-0.2, -0.15) is 20.3 Å². The van der Waals surface area contributed by atoms with Crippen LogP contribution in [0.1, 0.15) is 32.1 Å². The molecule has 0 radical (unpaired) electrons. The van der Waals surface area contributed by atoms with E-state index in [2.05, 4.69) is 26.5 Å². The van der Waals surface area contributed by atoms with Crippen molar-refractivity contribution >= 4 is 34.7 Å². The van der Waals surface area contributed by atoms with Gasteiger partial charge < -0.3 is 14.3 Å². The zero-order chi connectivity index (χ0) is 26.6. The molecule has 11 nitrogen and oxygen atoms in total. The minimum Gasteiger partial charge on any atom is -0.438 e. The normalized spacial score (nSPS) is 10.6. The first-order valence-corrected chi connectivity index (χ1v) is 12.2. The maximum atomic E-state index is 13.3. The van der Waals surface area contributed by atoms with E-state index in [1.165, 1.54) is 34.2 Å². The zero-order valence-corrected chi connectivity index (χ0v) is 20.9. The Morgan fingerprint density at radius 2 is 2.00 bits per heavy atom. The van der Waals surface area contributed by atoms with E-state index in [9.17, 15) is 20.1 Å². The van der Waals surface area contributed by atoms with Crippen molar-refractivity contribution in [2.45, 2.75) is 13.1 Å². The number of carbonyl (C=O) groups excluding carboxylic acids is 1. The smallest absolute Gasteiger partial charge is 0.317 e. The molecular weight excluding hydrogens is 528 g/mol. The summed E-state index contributed by atoms with van der Waals surface area (Å²) in [5.74, 6) is -0.678. The molecule has 13 heteroatoms. The van der Waals surface area contributed by atoms with Gasteiger partial charge in [-0.3, -0.25) is 14.6 Å². The van der Waals surface area contributed by atoms with Crippen molar-refractivity contribution in [2.75, 3.05) is 5.32 Å². The third-order valence-electron chi connectivity index (χ3n) is 5.49. The first-order valence-electron chi connectivity index (χ1n) is 11.0. The summed E-state index contributed by atoms with van der Waals surface area (Å²) < 4.78 is 8.08. The third kappa shape index (κ3) is 4.69. The van der Waals surface area contributed by atoms with Gasteiger partial charge in [-0.05, 0) is 35.9 Å². The van der Waals surface area contributed by atoms with Crippen LogP contribution >= 0.6 is 22.9 Å². The number of pyridine rings is 2. The molecule has 0 fully saturated rings. The van der Waals surface area contributed by atoms with E-state index in [-0.39, 0.29) is 47.2 Å². The maximum Gasteiger partial charge on any atom is 0.317 e. The summed E-state index contributed by atoms with van der Waals surface area (Å²) in [6, 6.07) is 13.9. The van der Waals surface area contributed by atoms with Gasteiger partial charge >= 0.3 is 5.91 Å². The van der Waals surface area contributed by atoms with Crippen molar-refractivity contribution in [3.8, 4) is 23.5 Å². The van der Waals surface area contributed by atoms with Gasteiger partial charge in [-0.15, -0.1) is 11.3 Å². The summed E-state index contributed by atoms with van der Waals surface area (Å²) in [7, 11) is 0. The second kappa shape index (κ2) is 10.5. The fourth-order valence-corrected chi connectivity index (χ4v) is 4.79. The number of hydrogen-bond acceptors (Lipinski definition) is 10. The lowest BCUT2D eigenvalue weighted by Gasteiger charge is -2.12. The number of hydrogen-bond donors (Lipinski definition) is 1. The number of carbonyl (C=O) groups is 1. The zero-order valence-electron chi connectivity index (χ0n) is 19.3. The van der Waals surface area contributed by atoms with E-state index in [1.807, 2.05) is 12.1 Å². The van der Waals surface area contributed by atoms with Gasteiger partial charge in [-0.1, -0.05) is 17.7 Å². The number of halogens is 1. The Balaban J connectivity index is 1.68. The van der Waals surface area contributed by atoms with Gasteiger partial charge in [-0.25, -0.2) is 4.98 Å². The molecule has 0 aliphatic heterocycles. The maximum absolute atomic E-state index is 13.3. The number of oxazole rings is 1. The van der Waals surface area contributed by atoms with Gasteiger partial charge in [0.2, 0.25) is 5.76 Å². The summed E-state index contributed by atoms with van der Waals surface area (Å²) in [5, 5.41) is 27.2. The third-order valence-corrected chi connectivity index (χ3v) is 6.72. The molecule has 38 heavy (non-hydrogen) atoms. The van der Waals surface area contributed by atoms with Crippen LogP contribution in [0.25, 0.3) is 11.4 Å². The van der Waals surface area contributed by atoms with Crippen molar-refractivity contribution in [1.82, 2.24) is 24.3 Å². The topological polar surface area (TPSA) is 155 Å². The van der Waals surface area contributed by atoms with Gasteiger partial charge in [0.25, 0.3) is 5.56 Å². The standard InChI is InChI=1S/C25H15ClN8O3S/c26-21-6-4-17(38-21)11-31-23-18(9-28)22(32-34(23)25(36)20-12-30-14-37-20)19-5-3-16(8-27)24(35)33(19)13-15-2-1-7-29-10-15/h1-7,10,12,14,31H,11,13H2. The molecule has 0 amide bonds. The molecule has 0 aliphatic carbocycles. The minimum absolute atomic E-state index is 0.0181. The first kappa shape index (κ1) is 24.6. The predicted molar refractivity (Wildman–Crippen MR) is 138 cm³/mol. The van der Waals surface area contributed by atoms with Crippen LogP contribution in [0.2, 0.25) is 4.34 Å². The number of anilines is 1. The van der Waals surface area contributed by atoms with Gasteiger partial charge in [0.15, 0.2) is 12.2 Å². The molecule has 0 aliphatic rings. The predicted octanol–water partition coefficient (Wildman–Crippen LogP) is 3.90. The summed E-state index contributed by atoms with van der Waals surface area (Å²) in [6.45, 7) is 0.304. The lowest BCUT2D eigenvalue weighted by Crippen LogP contribution is -2.25. The van der Waals surface area contributed by atoms with Crippen molar-refractivity contribution in [2.24, 2.45) is 0 Å². The van der Waals surface area contributed by atoms with Gasteiger partial charge in [0, 0.05) is 17.3 Å². The number of nitriles is 2. The molecule has 0 saturated carbocycles. The molecule has 0 saturated heterocycles. The highest BCUT2D eigenvalue weighted by atomic mass is 35.5. The second-order valence-electron chi connectivity index (χ2n) is 7.82. The van der Waals surface area contributed by atoms with E-state index < -0.39 is 11.5 Å². The molecule has 0 atom stereocenters. The molecular formula is C25H15ClN8O3S. The fraction of sp³-hybridized carbons (Fsp3) is 0.0800. The van der Waals surface area contributed by atoms with Crippen LogP contribution in [0, 0.1) is 22.7 Å². The van der Waals surface area contributed by atoms with E-state index in [1.54, 1.807) is 30.6 Å². The van der Waals surface area contributed by atoms with Crippen LogP contribution in [0.4, 0.5) is 5.82 Å². The molecule has 0 unspecified atom stereocenters. The monoisotopic (exact) mass is 542 g/mol. The molecule has 5 rings (SSSR count). The van der Waals surface area contributed by atoms with E-state index in [4.69, 9.17) is 16.0 Å². The highest BCUT2D eigenvalue weighted by Gasteiger charge is 2.27. The lowest BCUT2D eigenvalue weighted by molar-refractivity contribution is 0.0920. The molecule has 5 heterocycles. The molecule has 186 valence electrons. The van der Waals surface area contributed by atoms with Crippen LogP contribution in [0.15, 0.2) is 70.6 Å². The molecule has 5 aromatic heterocycles. The van der Waals surface area contributed by atoms with Crippen molar-refractivity contribution in [1.29, 1.82) is 10.5 Å². The number of rotatable bonds is 7. The second-order valence-corrected chi connectivity index (χ2v) is 9.62. The summed E-state index contributed by atoms with van der Waals surface area (Å²) in [5.41, 5.74) is 0.357. The van der Waals surface area contributed by atoms with E-state index >= 15 is 0 Å². The molecule has 1 N–H and O–H groups in total. The van der Waals surface area contributed by atoms with Crippen molar-refractivity contribution in [3.63, 3.8) is 0 Å². The quantitative estimate of drug-likeness (QED) is 0.322.